The lowest BCUT2D eigenvalue weighted by molar-refractivity contribution is 0.0746. The van der Waals surface area contributed by atoms with Gasteiger partial charge in [0.05, 0.1) is 6.54 Å². The Hall–Kier alpha value is -3.09. The summed E-state index contributed by atoms with van der Waals surface area (Å²) in [5, 5.41) is 8.07. The van der Waals surface area contributed by atoms with Gasteiger partial charge in [-0.1, -0.05) is 17.3 Å². The Kier molecular flexibility index (Phi) is 5.90. The van der Waals surface area contributed by atoms with Crippen molar-refractivity contribution in [3.8, 4) is 5.75 Å². The van der Waals surface area contributed by atoms with Gasteiger partial charge in [0.1, 0.15) is 12.4 Å². The first kappa shape index (κ1) is 18.7. The molecule has 1 amide bonds. The molecule has 0 aliphatic carbocycles. The van der Waals surface area contributed by atoms with Crippen LogP contribution < -0.4 is 4.74 Å². The van der Waals surface area contributed by atoms with Crippen LogP contribution in [0.1, 0.15) is 34.3 Å². The first-order valence-corrected chi connectivity index (χ1v) is 8.99. The number of hydrogen-bond donors (Lipinski definition) is 0. The second-order valence-corrected chi connectivity index (χ2v) is 6.39. The molecule has 0 aliphatic rings. The highest BCUT2D eigenvalue weighted by atomic mass is 16.5. The summed E-state index contributed by atoms with van der Waals surface area (Å²) in [5.41, 5.74) is 2.46. The quantitative estimate of drug-likeness (QED) is 0.610. The minimum absolute atomic E-state index is 0.161. The van der Waals surface area contributed by atoms with Crippen LogP contribution in [0.3, 0.4) is 0 Å². The maximum Gasteiger partial charge on any atom is 0.276 e. The molecule has 0 aliphatic heterocycles. The van der Waals surface area contributed by atoms with Gasteiger partial charge in [-0.15, -0.1) is 0 Å². The maximum atomic E-state index is 12.7. The molecule has 0 radical (unpaired) electrons. The number of aromatic nitrogens is 3. The molecule has 0 saturated heterocycles. The first-order chi connectivity index (χ1) is 13.1. The highest BCUT2D eigenvalue weighted by molar-refractivity contribution is 5.92. The number of nitrogens with zero attached hydrogens (tertiary/aromatic N) is 4. The molecule has 0 unspecified atom stereocenters. The molecule has 0 fully saturated rings. The Bertz CT molecular complexity index is 887. The normalized spacial score (nSPS) is 10.8. The smallest absolute Gasteiger partial charge is 0.276 e. The maximum absolute atomic E-state index is 12.7. The second-order valence-electron chi connectivity index (χ2n) is 6.39. The predicted octanol–water partition coefficient (Wildman–Crippen LogP) is 3.23. The number of rotatable bonds is 8. The van der Waals surface area contributed by atoms with Gasteiger partial charge in [0.15, 0.2) is 11.5 Å². The lowest BCUT2D eigenvalue weighted by Gasteiger charge is -2.19. The van der Waals surface area contributed by atoms with Crippen LogP contribution in [-0.4, -0.2) is 38.8 Å². The van der Waals surface area contributed by atoms with E-state index in [0.717, 1.165) is 16.9 Å². The predicted molar refractivity (Wildman–Crippen MR) is 101 cm³/mol. The number of amides is 1. The summed E-state index contributed by atoms with van der Waals surface area (Å²) in [6.07, 6.45) is 3.59. The van der Waals surface area contributed by atoms with Gasteiger partial charge in [0, 0.05) is 31.5 Å². The van der Waals surface area contributed by atoms with Gasteiger partial charge in [-0.3, -0.25) is 9.48 Å². The van der Waals surface area contributed by atoms with Crippen molar-refractivity contribution in [2.45, 2.75) is 33.9 Å². The van der Waals surface area contributed by atoms with Gasteiger partial charge in [-0.25, -0.2) is 0 Å². The summed E-state index contributed by atoms with van der Waals surface area (Å²) in [6.45, 7) is 7.94. The van der Waals surface area contributed by atoms with Crippen molar-refractivity contribution in [2.75, 3.05) is 13.1 Å². The molecule has 3 aromatic rings. The number of carbonyl (C=O) groups is 1. The van der Waals surface area contributed by atoms with Gasteiger partial charge in [-0.05, 0) is 44.0 Å². The van der Waals surface area contributed by atoms with E-state index in [2.05, 4.69) is 10.3 Å². The van der Waals surface area contributed by atoms with E-state index in [1.54, 1.807) is 21.8 Å². The molecular weight excluding hydrogens is 344 g/mol. The van der Waals surface area contributed by atoms with Crippen LogP contribution >= 0.6 is 0 Å². The third kappa shape index (κ3) is 4.75. The van der Waals surface area contributed by atoms with Gasteiger partial charge in [0.2, 0.25) is 0 Å². The van der Waals surface area contributed by atoms with Crippen LogP contribution in [0.2, 0.25) is 0 Å². The molecular formula is C20H24N4O3. The van der Waals surface area contributed by atoms with Gasteiger partial charge in [0.25, 0.3) is 5.91 Å². The Morgan fingerprint density at radius 3 is 2.89 bits per heavy atom. The lowest BCUT2D eigenvalue weighted by Crippen LogP contribution is -2.34. The zero-order chi connectivity index (χ0) is 19.2. The highest BCUT2D eigenvalue weighted by Gasteiger charge is 2.19. The van der Waals surface area contributed by atoms with Crippen LogP contribution in [0.4, 0.5) is 0 Å². The summed E-state index contributed by atoms with van der Waals surface area (Å²) in [4.78, 5) is 14.4. The third-order valence-electron chi connectivity index (χ3n) is 4.32. The fourth-order valence-corrected chi connectivity index (χ4v) is 2.71. The molecule has 27 heavy (non-hydrogen) atoms. The largest absolute Gasteiger partial charge is 0.485 e. The molecule has 142 valence electrons. The van der Waals surface area contributed by atoms with E-state index >= 15 is 0 Å². The Morgan fingerprint density at radius 1 is 1.30 bits per heavy atom. The van der Waals surface area contributed by atoms with E-state index in [-0.39, 0.29) is 18.2 Å². The van der Waals surface area contributed by atoms with Crippen molar-refractivity contribution in [2.24, 2.45) is 0 Å². The minimum atomic E-state index is -0.161. The Labute approximate surface area is 158 Å². The van der Waals surface area contributed by atoms with E-state index in [1.165, 1.54) is 0 Å². The number of carbonyl (C=O) groups excluding carboxylic acids is 1. The van der Waals surface area contributed by atoms with Crippen molar-refractivity contribution in [1.29, 1.82) is 0 Å². The molecule has 0 bridgehead atoms. The van der Waals surface area contributed by atoms with Crippen molar-refractivity contribution in [1.82, 2.24) is 19.8 Å². The minimum Gasteiger partial charge on any atom is -0.485 e. The molecule has 0 N–H and O–H groups in total. The number of aryl methyl sites for hydroxylation is 2. The van der Waals surface area contributed by atoms with Crippen LogP contribution in [0.25, 0.3) is 0 Å². The Balaban J connectivity index is 1.59. The van der Waals surface area contributed by atoms with Crippen LogP contribution in [0, 0.1) is 13.8 Å². The molecule has 0 atom stereocenters. The summed E-state index contributed by atoms with van der Waals surface area (Å²) < 4.78 is 12.9. The topological polar surface area (TPSA) is 73.4 Å². The summed E-state index contributed by atoms with van der Waals surface area (Å²) in [6, 6.07) is 9.53. The average Bonchev–Trinajstić information content (AvgIpc) is 3.34. The van der Waals surface area contributed by atoms with Gasteiger partial charge >= 0.3 is 0 Å². The summed E-state index contributed by atoms with van der Waals surface area (Å²) in [5.74, 6) is 1.16. The summed E-state index contributed by atoms with van der Waals surface area (Å²) >= 11 is 0. The van der Waals surface area contributed by atoms with Crippen molar-refractivity contribution >= 4 is 5.91 Å². The van der Waals surface area contributed by atoms with E-state index < -0.39 is 0 Å². The summed E-state index contributed by atoms with van der Waals surface area (Å²) in [7, 11) is 0. The van der Waals surface area contributed by atoms with E-state index in [0.29, 0.717) is 25.4 Å². The molecule has 0 saturated carbocycles. The van der Waals surface area contributed by atoms with E-state index in [4.69, 9.17) is 9.26 Å². The average molecular weight is 368 g/mol. The Morgan fingerprint density at radius 2 is 2.15 bits per heavy atom. The zero-order valence-electron chi connectivity index (χ0n) is 15.9. The molecule has 3 rings (SSSR count). The standard InChI is InChI=1S/C20H24N4O3/c1-4-23(10-11-24-9-5-8-21-24)20(25)18-13-17(27-22-18)14-26-19-12-15(2)6-7-16(19)3/h5-9,12-13H,4,10-11,14H2,1-3H3. The van der Waals surface area contributed by atoms with E-state index in [9.17, 15) is 4.79 Å². The second kappa shape index (κ2) is 8.53. The van der Waals surface area contributed by atoms with Crippen molar-refractivity contribution in [3.63, 3.8) is 0 Å². The first-order valence-electron chi connectivity index (χ1n) is 8.99. The number of ether oxygens (including phenoxy) is 1. The van der Waals surface area contributed by atoms with Crippen LogP contribution in [0.5, 0.6) is 5.75 Å². The molecule has 2 heterocycles. The molecule has 7 heteroatoms. The monoisotopic (exact) mass is 368 g/mol. The van der Waals surface area contributed by atoms with Gasteiger partial charge < -0.3 is 14.2 Å². The molecule has 0 spiro atoms. The van der Waals surface area contributed by atoms with Gasteiger partial charge in [-0.2, -0.15) is 5.10 Å². The highest BCUT2D eigenvalue weighted by Crippen LogP contribution is 2.20. The SMILES string of the molecule is CCN(CCn1cccn1)C(=O)c1cc(COc2cc(C)ccc2C)on1. The fraction of sp³-hybridized carbons (Fsp3) is 0.350. The third-order valence-corrected chi connectivity index (χ3v) is 4.32. The molecule has 7 nitrogen and oxygen atoms in total. The zero-order valence-corrected chi connectivity index (χ0v) is 15.9. The number of hydrogen-bond acceptors (Lipinski definition) is 5. The van der Waals surface area contributed by atoms with Crippen LogP contribution in [-0.2, 0) is 13.2 Å². The number of likely N-dealkylation sites (N-methyl/N-ethyl adjacent to an activating group) is 1. The molecule has 1 aromatic carbocycles. The van der Waals surface area contributed by atoms with Crippen molar-refractivity contribution < 1.29 is 14.1 Å². The van der Waals surface area contributed by atoms with E-state index in [1.807, 2.05) is 51.2 Å². The fourth-order valence-electron chi connectivity index (χ4n) is 2.71. The lowest BCUT2D eigenvalue weighted by atomic mass is 10.1. The number of benzene rings is 1. The molecule has 2 aromatic heterocycles. The van der Waals surface area contributed by atoms with Crippen LogP contribution in [0.15, 0.2) is 47.2 Å². The van der Waals surface area contributed by atoms with Crippen molar-refractivity contribution in [3.05, 3.63) is 65.3 Å².